The van der Waals surface area contributed by atoms with Gasteiger partial charge in [-0.1, -0.05) is 26.0 Å². The quantitative estimate of drug-likeness (QED) is 0.763. The van der Waals surface area contributed by atoms with Crippen LogP contribution >= 0.6 is 0 Å². The minimum atomic E-state index is -0.479. The zero-order valence-electron chi connectivity index (χ0n) is 11.9. The summed E-state index contributed by atoms with van der Waals surface area (Å²) in [6.45, 7) is 7.28. The minimum absolute atomic E-state index is 0.473. The predicted molar refractivity (Wildman–Crippen MR) is 77.4 cm³/mol. The van der Waals surface area contributed by atoms with Gasteiger partial charge in [0.25, 0.3) is 0 Å². The van der Waals surface area contributed by atoms with Gasteiger partial charge in [-0.15, -0.1) is 0 Å². The lowest BCUT2D eigenvalue weighted by atomic mass is 10.0. The summed E-state index contributed by atoms with van der Waals surface area (Å²) >= 11 is 0. The van der Waals surface area contributed by atoms with E-state index in [0.717, 1.165) is 12.0 Å². The van der Waals surface area contributed by atoms with Crippen LogP contribution in [0.4, 0.5) is 5.69 Å². The lowest BCUT2D eigenvalue weighted by Gasteiger charge is -2.28. The smallest absolute Gasteiger partial charge is 0.0917 e. The van der Waals surface area contributed by atoms with Crippen LogP contribution in [-0.4, -0.2) is 29.6 Å². The van der Waals surface area contributed by atoms with Gasteiger partial charge < -0.3 is 15.7 Å². The Morgan fingerprint density at radius 2 is 1.94 bits per heavy atom. The van der Waals surface area contributed by atoms with E-state index in [1.165, 1.54) is 0 Å². The van der Waals surface area contributed by atoms with Gasteiger partial charge in [0.2, 0.25) is 0 Å². The van der Waals surface area contributed by atoms with Crippen LogP contribution in [0.3, 0.4) is 0 Å². The van der Waals surface area contributed by atoms with Crippen LogP contribution in [0.1, 0.15) is 38.9 Å². The van der Waals surface area contributed by atoms with Crippen molar-refractivity contribution in [2.75, 3.05) is 19.3 Å². The maximum atomic E-state index is 10.2. The number of aliphatic hydroxyl groups excluding tert-OH is 1. The van der Waals surface area contributed by atoms with Gasteiger partial charge in [0, 0.05) is 18.3 Å². The molecule has 0 spiro atoms. The first-order valence-corrected chi connectivity index (χ1v) is 6.64. The van der Waals surface area contributed by atoms with Gasteiger partial charge in [0.15, 0.2) is 0 Å². The standard InChI is InChI=1S/C15H26N2O/c1-11(2)8-12(3)17(4)10-15(18)13-6-5-7-14(16)9-13/h5-7,9,11-12,15,18H,8,10,16H2,1-4H3. The Bertz CT molecular complexity index is 365. The Labute approximate surface area is 111 Å². The highest BCUT2D eigenvalue weighted by Gasteiger charge is 2.16. The van der Waals surface area contributed by atoms with Crippen molar-refractivity contribution in [2.45, 2.75) is 39.3 Å². The molecule has 2 atom stereocenters. The Hall–Kier alpha value is -1.06. The van der Waals surface area contributed by atoms with E-state index < -0.39 is 6.10 Å². The third kappa shape index (κ3) is 4.67. The number of nitrogens with two attached hydrogens (primary N) is 1. The fraction of sp³-hybridized carbons (Fsp3) is 0.600. The average molecular weight is 250 g/mol. The monoisotopic (exact) mass is 250 g/mol. The van der Waals surface area contributed by atoms with Crippen LogP contribution in [0.15, 0.2) is 24.3 Å². The van der Waals surface area contributed by atoms with Crippen molar-refractivity contribution in [2.24, 2.45) is 5.92 Å². The lowest BCUT2D eigenvalue weighted by molar-refractivity contribution is 0.102. The van der Waals surface area contributed by atoms with E-state index in [0.29, 0.717) is 24.2 Å². The van der Waals surface area contributed by atoms with Gasteiger partial charge in [0.05, 0.1) is 6.10 Å². The molecule has 0 saturated heterocycles. The Morgan fingerprint density at radius 1 is 1.28 bits per heavy atom. The summed E-state index contributed by atoms with van der Waals surface area (Å²) in [5.41, 5.74) is 7.31. The molecule has 102 valence electrons. The second-order valence-electron chi connectivity index (χ2n) is 5.60. The van der Waals surface area contributed by atoms with E-state index in [2.05, 4.69) is 32.7 Å². The zero-order valence-corrected chi connectivity index (χ0v) is 11.9. The van der Waals surface area contributed by atoms with Crippen LogP contribution < -0.4 is 5.73 Å². The van der Waals surface area contributed by atoms with Crippen LogP contribution in [0.25, 0.3) is 0 Å². The van der Waals surface area contributed by atoms with E-state index in [-0.39, 0.29) is 0 Å². The van der Waals surface area contributed by atoms with E-state index in [9.17, 15) is 5.11 Å². The fourth-order valence-electron chi connectivity index (χ4n) is 2.19. The summed E-state index contributed by atoms with van der Waals surface area (Å²) < 4.78 is 0. The largest absolute Gasteiger partial charge is 0.399 e. The molecule has 1 rings (SSSR count). The Morgan fingerprint density at radius 3 is 2.50 bits per heavy atom. The molecular formula is C15H26N2O. The van der Waals surface area contributed by atoms with Crippen molar-refractivity contribution in [1.82, 2.24) is 4.90 Å². The molecule has 18 heavy (non-hydrogen) atoms. The zero-order chi connectivity index (χ0) is 13.7. The van der Waals surface area contributed by atoms with Crippen molar-refractivity contribution in [1.29, 1.82) is 0 Å². The Kier molecular flexibility index (Phi) is 5.63. The van der Waals surface area contributed by atoms with Crippen LogP contribution in [0.5, 0.6) is 0 Å². The number of benzene rings is 1. The average Bonchev–Trinajstić information content (AvgIpc) is 2.27. The lowest BCUT2D eigenvalue weighted by Crippen LogP contribution is -2.33. The van der Waals surface area contributed by atoms with Gasteiger partial charge in [-0.25, -0.2) is 0 Å². The summed E-state index contributed by atoms with van der Waals surface area (Å²) in [5.74, 6) is 0.673. The topological polar surface area (TPSA) is 49.5 Å². The molecule has 3 N–H and O–H groups in total. The molecule has 1 aromatic carbocycles. The van der Waals surface area contributed by atoms with Crippen LogP contribution in [-0.2, 0) is 0 Å². The van der Waals surface area contributed by atoms with Gasteiger partial charge in [-0.3, -0.25) is 0 Å². The molecule has 0 heterocycles. The van der Waals surface area contributed by atoms with Crippen LogP contribution in [0.2, 0.25) is 0 Å². The molecule has 1 aromatic rings. The van der Waals surface area contributed by atoms with E-state index in [4.69, 9.17) is 5.73 Å². The second kappa shape index (κ2) is 6.76. The third-order valence-corrected chi connectivity index (χ3v) is 3.32. The number of nitrogen functional groups attached to an aromatic ring is 1. The number of likely N-dealkylation sites (N-methyl/N-ethyl adjacent to an activating group) is 1. The van der Waals surface area contributed by atoms with Gasteiger partial charge >= 0.3 is 0 Å². The molecule has 0 saturated carbocycles. The van der Waals surface area contributed by atoms with E-state index in [1.807, 2.05) is 24.3 Å². The van der Waals surface area contributed by atoms with Crippen molar-refractivity contribution in [3.05, 3.63) is 29.8 Å². The number of aliphatic hydroxyl groups is 1. The highest BCUT2D eigenvalue weighted by molar-refractivity contribution is 5.41. The molecule has 0 aliphatic carbocycles. The summed E-state index contributed by atoms with van der Waals surface area (Å²) in [5, 5.41) is 10.2. The SMILES string of the molecule is CC(C)CC(C)N(C)CC(O)c1cccc(N)c1. The molecule has 2 unspecified atom stereocenters. The number of hydrogen-bond acceptors (Lipinski definition) is 3. The number of hydrogen-bond donors (Lipinski definition) is 2. The normalized spacial score (nSPS) is 15.1. The molecule has 0 bridgehead atoms. The molecule has 0 aromatic heterocycles. The van der Waals surface area contributed by atoms with E-state index >= 15 is 0 Å². The predicted octanol–water partition coefficient (Wildman–Crippen LogP) is 2.67. The second-order valence-corrected chi connectivity index (χ2v) is 5.60. The summed E-state index contributed by atoms with van der Waals surface area (Å²) in [4.78, 5) is 2.20. The maximum absolute atomic E-state index is 10.2. The molecule has 0 aliphatic rings. The van der Waals surface area contributed by atoms with Gasteiger partial charge in [0.1, 0.15) is 0 Å². The molecule has 0 radical (unpaired) electrons. The summed E-state index contributed by atoms with van der Waals surface area (Å²) in [6, 6.07) is 7.95. The van der Waals surface area contributed by atoms with Crippen molar-refractivity contribution >= 4 is 5.69 Å². The highest BCUT2D eigenvalue weighted by Crippen LogP contribution is 2.18. The minimum Gasteiger partial charge on any atom is -0.399 e. The molecule has 0 aliphatic heterocycles. The van der Waals surface area contributed by atoms with Gasteiger partial charge in [-0.2, -0.15) is 0 Å². The first-order valence-electron chi connectivity index (χ1n) is 6.64. The molecule has 0 fully saturated rings. The summed E-state index contributed by atoms with van der Waals surface area (Å²) in [7, 11) is 2.06. The van der Waals surface area contributed by atoms with Crippen molar-refractivity contribution < 1.29 is 5.11 Å². The molecule has 3 heteroatoms. The molecule has 0 amide bonds. The fourth-order valence-corrected chi connectivity index (χ4v) is 2.19. The van der Waals surface area contributed by atoms with Crippen molar-refractivity contribution in [3.63, 3.8) is 0 Å². The first-order chi connectivity index (χ1) is 8.40. The number of nitrogens with zero attached hydrogens (tertiary/aromatic N) is 1. The highest BCUT2D eigenvalue weighted by atomic mass is 16.3. The van der Waals surface area contributed by atoms with Crippen molar-refractivity contribution in [3.8, 4) is 0 Å². The number of rotatable bonds is 6. The first kappa shape index (κ1) is 15.0. The third-order valence-electron chi connectivity index (χ3n) is 3.32. The van der Waals surface area contributed by atoms with E-state index in [1.54, 1.807) is 0 Å². The maximum Gasteiger partial charge on any atom is 0.0917 e. The molecular weight excluding hydrogens is 224 g/mol. The molecule has 3 nitrogen and oxygen atoms in total. The van der Waals surface area contributed by atoms with Crippen LogP contribution in [0, 0.1) is 5.92 Å². The Balaban J connectivity index is 2.56. The number of anilines is 1. The van der Waals surface area contributed by atoms with Gasteiger partial charge in [-0.05, 0) is 44.0 Å². The summed E-state index contributed by atoms with van der Waals surface area (Å²) in [6.07, 6.45) is 0.660.